The number of H-pyrrole nitrogens is 1. The molecule has 166 valence electrons. The summed E-state index contributed by atoms with van der Waals surface area (Å²) in [4.78, 5) is 42.9. The summed E-state index contributed by atoms with van der Waals surface area (Å²) in [6, 6.07) is 12.1. The molecule has 0 unspecified atom stereocenters. The van der Waals surface area contributed by atoms with E-state index < -0.39 is 0 Å². The highest BCUT2D eigenvalue weighted by molar-refractivity contribution is 6.22. The van der Waals surface area contributed by atoms with Crippen molar-refractivity contribution in [3.05, 3.63) is 70.9 Å². The van der Waals surface area contributed by atoms with Gasteiger partial charge in [-0.05, 0) is 42.2 Å². The first-order valence-corrected chi connectivity index (χ1v) is 10.9. The number of amides is 3. The number of nitrogens with one attached hydrogen (secondary N) is 2. The minimum atomic E-state index is -0.389. The molecular formula is C25H27N3O4. The van der Waals surface area contributed by atoms with Crippen molar-refractivity contribution in [3.8, 4) is 0 Å². The standard InChI is InChI=1S/C25H27N3O4/c1-3-15(2)22(14-29)27-23(30)16-8-9-19-20(12-16)25(32)28(24(19)31)11-10-17-13-26-21-7-5-4-6-18(17)21/h4-9,12-13,15,22,26,29H,3,10-11,14H2,1-2H3,(H,27,30)/t15-,22-/m0/s1. The minimum Gasteiger partial charge on any atom is -0.394 e. The van der Waals surface area contributed by atoms with Crippen molar-refractivity contribution in [1.82, 2.24) is 15.2 Å². The monoisotopic (exact) mass is 433 g/mol. The van der Waals surface area contributed by atoms with E-state index in [1.165, 1.54) is 17.0 Å². The van der Waals surface area contributed by atoms with Crippen molar-refractivity contribution in [3.63, 3.8) is 0 Å². The Hall–Kier alpha value is -3.45. The molecule has 7 heteroatoms. The molecule has 2 atom stereocenters. The summed E-state index contributed by atoms with van der Waals surface area (Å²) in [6.07, 6.45) is 3.25. The summed E-state index contributed by atoms with van der Waals surface area (Å²) in [7, 11) is 0. The van der Waals surface area contributed by atoms with Gasteiger partial charge in [0.2, 0.25) is 0 Å². The van der Waals surface area contributed by atoms with Crippen LogP contribution in [0.3, 0.4) is 0 Å². The zero-order chi connectivity index (χ0) is 22.8. The first kappa shape index (κ1) is 21.8. The molecule has 2 aromatic carbocycles. The molecule has 3 N–H and O–H groups in total. The SMILES string of the molecule is CC[C@H](C)[C@H](CO)NC(=O)c1ccc2c(c1)C(=O)N(CCc1c[nH]c3ccccc13)C2=O. The molecule has 32 heavy (non-hydrogen) atoms. The van der Waals surface area contributed by atoms with Gasteiger partial charge in [0.25, 0.3) is 17.7 Å². The molecule has 0 radical (unpaired) electrons. The van der Waals surface area contributed by atoms with Crippen LogP contribution in [0.25, 0.3) is 10.9 Å². The highest BCUT2D eigenvalue weighted by atomic mass is 16.3. The average Bonchev–Trinajstić information content (AvgIpc) is 3.33. The predicted molar refractivity (Wildman–Crippen MR) is 122 cm³/mol. The predicted octanol–water partition coefficient (Wildman–Crippen LogP) is 3.14. The Bertz CT molecular complexity index is 1180. The molecule has 0 saturated carbocycles. The van der Waals surface area contributed by atoms with Gasteiger partial charge in [0.05, 0.1) is 23.8 Å². The van der Waals surface area contributed by atoms with E-state index in [0.717, 1.165) is 22.9 Å². The first-order chi connectivity index (χ1) is 15.4. The summed E-state index contributed by atoms with van der Waals surface area (Å²) in [5.41, 5.74) is 2.90. The van der Waals surface area contributed by atoms with Crippen molar-refractivity contribution < 1.29 is 19.5 Å². The Morgan fingerprint density at radius 3 is 2.62 bits per heavy atom. The van der Waals surface area contributed by atoms with Crippen LogP contribution in [-0.2, 0) is 6.42 Å². The first-order valence-electron chi connectivity index (χ1n) is 10.9. The smallest absolute Gasteiger partial charge is 0.261 e. The number of nitrogens with zero attached hydrogens (tertiary/aromatic N) is 1. The minimum absolute atomic E-state index is 0.113. The number of hydrogen-bond donors (Lipinski definition) is 3. The van der Waals surface area contributed by atoms with Gasteiger partial charge in [-0.25, -0.2) is 0 Å². The fourth-order valence-corrected chi connectivity index (χ4v) is 4.11. The number of carbonyl (C=O) groups excluding carboxylic acids is 3. The van der Waals surface area contributed by atoms with Gasteiger partial charge in [0, 0.05) is 29.2 Å². The van der Waals surface area contributed by atoms with Gasteiger partial charge in [-0.15, -0.1) is 0 Å². The van der Waals surface area contributed by atoms with Crippen molar-refractivity contribution in [2.24, 2.45) is 5.92 Å². The zero-order valence-corrected chi connectivity index (χ0v) is 18.2. The molecule has 1 aliphatic heterocycles. The summed E-state index contributed by atoms with van der Waals surface area (Å²) in [6.45, 7) is 4.04. The highest BCUT2D eigenvalue weighted by Gasteiger charge is 2.36. The number of benzene rings is 2. The highest BCUT2D eigenvalue weighted by Crippen LogP contribution is 2.26. The second-order valence-corrected chi connectivity index (χ2v) is 8.28. The molecule has 4 rings (SSSR count). The van der Waals surface area contributed by atoms with Crippen LogP contribution >= 0.6 is 0 Å². The number of aliphatic hydroxyl groups excluding tert-OH is 1. The molecule has 1 aliphatic rings. The van der Waals surface area contributed by atoms with E-state index in [9.17, 15) is 19.5 Å². The van der Waals surface area contributed by atoms with E-state index in [1.807, 2.05) is 44.3 Å². The molecule has 3 amide bonds. The van der Waals surface area contributed by atoms with Crippen LogP contribution in [0.15, 0.2) is 48.7 Å². The lowest BCUT2D eigenvalue weighted by molar-refractivity contribution is 0.0656. The van der Waals surface area contributed by atoms with Crippen LogP contribution in [0.4, 0.5) is 0 Å². The van der Waals surface area contributed by atoms with Crippen molar-refractivity contribution in [1.29, 1.82) is 0 Å². The summed E-state index contributed by atoms with van der Waals surface area (Å²) in [5.74, 6) is -0.990. The quantitative estimate of drug-likeness (QED) is 0.475. The van der Waals surface area contributed by atoms with Gasteiger partial charge in [0.15, 0.2) is 0 Å². The molecule has 0 spiro atoms. The van der Waals surface area contributed by atoms with E-state index in [0.29, 0.717) is 17.5 Å². The molecule has 2 heterocycles. The number of para-hydroxylation sites is 1. The maximum atomic E-state index is 13.0. The Kier molecular flexibility index (Phi) is 6.10. The lowest BCUT2D eigenvalue weighted by Gasteiger charge is -2.22. The van der Waals surface area contributed by atoms with Gasteiger partial charge in [-0.3, -0.25) is 19.3 Å². The fraction of sp³-hybridized carbons (Fsp3) is 0.320. The zero-order valence-electron chi connectivity index (χ0n) is 18.2. The molecule has 1 aromatic heterocycles. The number of hydrogen-bond acceptors (Lipinski definition) is 4. The van der Waals surface area contributed by atoms with Crippen LogP contribution in [0, 0.1) is 5.92 Å². The van der Waals surface area contributed by atoms with Crippen molar-refractivity contribution >= 4 is 28.6 Å². The summed E-state index contributed by atoms with van der Waals surface area (Å²) >= 11 is 0. The molecule has 0 bridgehead atoms. The Morgan fingerprint density at radius 1 is 1.12 bits per heavy atom. The van der Waals surface area contributed by atoms with E-state index in [1.54, 1.807) is 6.07 Å². The van der Waals surface area contributed by atoms with Gasteiger partial charge >= 0.3 is 0 Å². The van der Waals surface area contributed by atoms with Crippen LogP contribution < -0.4 is 5.32 Å². The van der Waals surface area contributed by atoms with Gasteiger partial charge in [-0.2, -0.15) is 0 Å². The molecular weight excluding hydrogens is 406 g/mol. The third kappa shape index (κ3) is 3.91. The van der Waals surface area contributed by atoms with Crippen LogP contribution in [-0.4, -0.2) is 51.9 Å². The normalized spacial score (nSPS) is 15.2. The molecule has 7 nitrogen and oxygen atoms in total. The maximum absolute atomic E-state index is 13.0. The summed E-state index contributed by atoms with van der Waals surface area (Å²) in [5, 5.41) is 13.5. The maximum Gasteiger partial charge on any atom is 0.261 e. The number of imide groups is 1. The third-order valence-corrected chi connectivity index (χ3v) is 6.36. The number of aromatic nitrogens is 1. The van der Waals surface area contributed by atoms with Gasteiger partial charge < -0.3 is 15.4 Å². The van der Waals surface area contributed by atoms with Gasteiger partial charge in [0.1, 0.15) is 0 Å². The lowest BCUT2D eigenvalue weighted by atomic mass is 9.99. The Labute approximate surface area is 186 Å². The fourth-order valence-electron chi connectivity index (χ4n) is 4.11. The van der Waals surface area contributed by atoms with E-state index in [2.05, 4.69) is 10.3 Å². The van der Waals surface area contributed by atoms with Crippen LogP contribution in [0.2, 0.25) is 0 Å². The second-order valence-electron chi connectivity index (χ2n) is 8.28. The molecule has 0 fully saturated rings. The number of fused-ring (bicyclic) bond motifs is 2. The second kappa shape index (κ2) is 8.96. The molecule has 0 saturated heterocycles. The largest absolute Gasteiger partial charge is 0.394 e. The van der Waals surface area contributed by atoms with Crippen LogP contribution in [0.1, 0.15) is 56.9 Å². The Morgan fingerprint density at radius 2 is 1.88 bits per heavy atom. The average molecular weight is 434 g/mol. The third-order valence-electron chi connectivity index (χ3n) is 6.36. The van der Waals surface area contributed by atoms with Gasteiger partial charge in [-0.1, -0.05) is 38.5 Å². The Balaban J connectivity index is 1.49. The van der Waals surface area contributed by atoms with E-state index >= 15 is 0 Å². The number of aromatic amines is 1. The van der Waals surface area contributed by atoms with E-state index in [-0.39, 0.29) is 48.4 Å². The lowest BCUT2D eigenvalue weighted by Crippen LogP contribution is -2.41. The van der Waals surface area contributed by atoms with Crippen molar-refractivity contribution in [2.45, 2.75) is 32.7 Å². The number of aliphatic hydroxyl groups is 1. The molecule has 3 aromatic rings. The number of carbonyl (C=O) groups is 3. The summed E-state index contributed by atoms with van der Waals surface area (Å²) < 4.78 is 0. The molecule has 0 aliphatic carbocycles. The topological polar surface area (TPSA) is 102 Å². The van der Waals surface area contributed by atoms with Crippen molar-refractivity contribution in [2.75, 3.05) is 13.2 Å². The van der Waals surface area contributed by atoms with Crippen LogP contribution in [0.5, 0.6) is 0 Å². The van der Waals surface area contributed by atoms with E-state index in [4.69, 9.17) is 0 Å². The number of rotatable bonds is 8.